The predicted molar refractivity (Wildman–Crippen MR) is 88.2 cm³/mol. The molecule has 5 heteroatoms. The van der Waals surface area contributed by atoms with Gasteiger partial charge in [0.1, 0.15) is 11.9 Å². The third kappa shape index (κ3) is 6.80. The third-order valence-electron chi connectivity index (χ3n) is 3.49. The minimum atomic E-state index is -0.216. The van der Waals surface area contributed by atoms with Gasteiger partial charge in [-0.1, -0.05) is 32.0 Å². The number of hydrogen-bond acceptors (Lipinski definition) is 3. The number of aliphatic hydroxyl groups excluding tert-OH is 1. The summed E-state index contributed by atoms with van der Waals surface area (Å²) in [6.45, 7) is 9.00. The Bertz CT molecular complexity index is 475. The second-order valence-corrected chi connectivity index (χ2v) is 6.40. The van der Waals surface area contributed by atoms with Crippen LogP contribution in [0.3, 0.4) is 0 Å². The fourth-order valence-electron chi connectivity index (χ4n) is 1.96. The molecule has 2 amide bonds. The van der Waals surface area contributed by atoms with Gasteiger partial charge in [-0.15, -0.1) is 0 Å². The van der Waals surface area contributed by atoms with E-state index in [-0.39, 0.29) is 24.2 Å². The van der Waals surface area contributed by atoms with E-state index < -0.39 is 0 Å². The first-order valence-electron chi connectivity index (χ1n) is 7.69. The molecule has 1 rings (SSSR count). The quantitative estimate of drug-likeness (QED) is 0.691. The maximum Gasteiger partial charge on any atom is 0.314 e. The van der Waals surface area contributed by atoms with Gasteiger partial charge in [0.15, 0.2) is 0 Å². The highest BCUT2D eigenvalue weighted by Gasteiger charge is 2.18. The lowest BCUT2D eigenvalue weighted by molar-refractivity contribution is 0.194. The molecule has 0 fully saturated rings. The van der Waals surface area contributed by atoms with E-state index >= 15 is 0 Å². The van der Waals surface area contributed by atoms with Crippen LogP contribution in [-0.2, 0) is 0 Å². The molecule has 22 heavy (non-hydrogen) atoms. The monoisotopic (exact) mass is 308 g/mol. The van der Waals surface area contributed by atoms with E-state index in [2.05, 4.69) is 10.6 Å². The molecule has 3 N–H and O–H groups in total. The molecule has 0 aliphatic heterocycles. The summed E-state index contributed by atoms with van der Waals surface area (Å²) in [6.07, 6.45) is 0.539. The SMILES string of the molecule is Cc1ccccc1OC(C)CNC(=O)NCC(C)(C)CCO. The maximum atomic E-state index is 11.8. The van der Waals surface area contributed by atoms with Crippen molar-refractivity contribution in [2.75, 3.05) is 19.7 Å². The number of para-hydroxylation sites is 1. The van der Waals surface area contributed by atoms with Crippen molar-refractivity contribution in [2.45, 2.75) is 40.2 Å². The molecule has 0 spiro atoms. The zero-order chi connectivity index (χ0) is 16.6. The van der Waals surface area contributed by atoms with E-state index in [1.165, 1.54) is 0 Å². The van der Waals surface area contributed by atoms with E-state index in [0.717, 1.165) is 11.3 Å². The summed E-state index contributed by atoms with van der Waals surface area (Å²) < 4.78 is 5.80. The number of aliphatic hydroxyl groups is 1. The average molecular weight is 308 g/mol. The second-order valence-electron chi connectivity index (χ2n) is 6.40. The molecule has 0 radical (unpaired) electrons. The smallest absolute Gasteiger partial charge is 0.314 e. The highest BCUT2D eigenvalue weighted by Crippen LogP contribution is 2.18. The van der Waals surface area contributed by atoms with Gasteiger partial charge in [-0.3, -0.25) is 0 Å². The van der Waals surface area contributed by atoms with Crippen LogP contribution in [0.5, 0.6) is 5.75 Å². The Morgan fingerprint density at radius 1 is 1.32 bits per heavy atom. The number of aryl methyl sites for hydroxylation is 1. The zero-order valence-electron chi connectivity index (χ0n) is 14.0. The molecule has 0 aliphatic carbocycles. The van der Waals surface area contributed by atoms with E-state index in [4.69, 9.17) is 9.84 Å². The van der Waals surface area contributed by atoms with Crippen molar-refractivity contribution in [3.63, 3.8) is 0 Å². The summed E-state index contributed by atoms with van der Waals surface area (Å²) in [5.41, 5.74) is 0.958. The Labute approximate surface area is 133 Å². The molecule has 0 heterocycles. The lowest BCUT2D eigenvalue weighted by Crippen LogP contribution is -2.43. The molecule has 1 aromatic rings. The van der Waals surface area contributed by atoms with Crippen molar-refractivity contribution < 1.29 is 14.6 Å². The molecule has 1 atom stereocenters. The zero-order valence-corrected chi connectivity index (χ0v) is 14.0. The van der Waals surface area contributed by atoms with Crippen LogP contribution in [0.2, 0.25) is 0 Å². The highest BCUT2D eigenvalue weighted by atomic mass is 16.5. The van der Waals surface area contributed by atoms with Crippen LogP contribution in [0.4, 0.5) is 4.79 Å². The van der Waals surface area contributed by atoms with Crippen molar-refractivity contribution in [1.29, 1.82) is 0 Å². The summed E-state index contributed by atoms with van der Waals surface area (Å²) in [7, 11) is 0. The molecule has 1 aromatic carbocycles. The predicted octanol–water partition coefficient (Wildman–Crippen LogP) is 2.47. The average Bonchev–Trinajstić information content (AvgIpc) is 2.45. The first-order chi connectivity index (χ1) is 10.3. The van der Waals surface area contributed by atoms with Crippen molar-refractivity contribution in [1.82, 2.24) is 10.6 Å². The van der Waals surface area contributed by atoms with Crippen LogP contribution in [0, 0.1) is 12.3 Å². The Hall–Kier alpha value is -1.75. The topological polar surface area (TPSA) is 70.6 Å². The number of benzene rings is 1. The van der Waals surface area contributed by atoms with Crippen LogP contribution < -0.4 is 15.4 Å². The highest BCUT2D eigenvalue weighted by molar-refractivity contribution is 5.73. The molecular formula is C17H28N2O3. The minimum absolute atomic E-state index is 0.114. The fraction of sp³-hybridized carbons (Fsp3) is 0.588. The molecule has 0 saturated heterocycles. The van der Waals surface area contributed by atoms with Gasteiger partial charge in [0, 0.05) is 13.2 Å². The summed E-state index contributed by atoms with van der Waals surface area (Å²) >= 11 is 0. The number of carbonyl (C=O) groups excluding carboxylic acids is 1. The summed E-state index contributed by atoms with van der Waals surface area (Å²) in [5, 5.41) is 14.6. The van der Waals surface area contributed by atoms with Gasteiger partial charge < -0.3 is 20.5 Å². The number of amides is 2. The van der Waals surface area contributed by atoms with Crippen LogP contribution in [0.25, 0.3) is 0 Å². The number of rotatable bonds is 8. The van der Waals surface area contributed by atoms with Gasteiger partial charge in [-0.05, 0) is 37.3 Å². The Morgan fingerprint density at radius 2 is 2.00 bits per heavy atom. The van der Waals surface area contributed by atoms with Gasteiger partial charge in [0.05, 0.1) is 6.54 Å². The summed E-state index contributed by atoms with van der Waals surface area (Å²) in [4.78, 5) is 11.8. The van der Waals surface area contributed by atoms with Gasteiger partial charge in [-0.2, -0.15) is 0 Å². The summed E-state index contributed by atoms with van der Waals surface area (Å²) in [6, 6.07) is 7.59. The standard InChI is InChI=1S/C17H28N2O3/c1-13-7-5-6-8-15(13)22-14(2)11-18-16(21)19-12-17(3,4)9-10-20/h5-8,14,20H,9-12H2,1-4H3,(H2,18,19,21). The molecular weight excluding hydrogens is 280 g/mol. The van der Waals surface area contributed by atoms with Crippen LogP contribution in [0.1, 0.15) is 32.8 Å². The van der Waals surface area contributed by atoms with E-state index in [0.29, 0.717) is 19.5 Å². The molecule has 5 nitrogen and oxygen atoms in total. The van der Waals surface area contributed by atoms with Crippen molar-refractivity contribution in [3.8, 4) is 5.75 Å². The molecule has 0 bridgehead atoms. The Kier molecular flexibility index (Phi) is 7.18. The lowest BCUT2D eigenvalue weighted by Gasteiger charge is -2.24. The Balaban J connectivity index is 2.30. The third-order valence-corrected chi connectivity index (χ3v) is 3.49. The van der Waals surface area contributed by atoms with Gasteiger partial charge in [0.25, 0.3) is 0 Å². The number of carbonyl (C=O) groups is 1. The fourth-order valence-corrected chi connectivity index (χ4v) is 1.96. The van der Waals surface area contributed by atoms with Crippen molar-refractivity contribution in [2.24, 2.45) is 5.41 Å². The minimum Gasteiger partial charge on any atom is -0.489 e. The summed E-state index contributed by atoms with van der Waals surface area (Å²) in [5.74, 6) is 0.835. The molecule has 1 unspecified atom stereocenters. The van der Waals surface area contributed by atoms with Crippen molar-refractivity contribution in [3.05, 3.63) is 29.8 Å². The maximum absolute atomic E-state index is 11.8. The molecule has 124 valence electrons. The number of hydrogen-bond donors (Lipinski definition) is 3. The van der Waals surface area contributed by atoms with Gasteiger partial charge in [0.2, 0.25) is 0 Å². The van der Waals surface area contributed by atoms with E-state index in [1.807, 2.05) is 52.0 Å². The van der Waals surface area contributed by atoms with Crippen LogP contribution in [-0.4, -0.2) is 36.9 Å². The first-order valence-corrected chi connectivity index (χ1v) is 7.69. The van der Waals surface area contributed by atoms with E-state index in [9.17, 15) is 4.79 Å². The normalized spacial score (nSPS) is 12.6. The van der Waals surface area contributed by atoms with Gasteiger partial charge in [-0.25, -0.2) is 4.79 Å². The first kappa shape index (κ1) is 18.3. The number of ether oxygens (including phenoxy) is 1. The largest absolute Gasteiger partial charge is 0.489 e. The lowest BCUT2D eigenvalue weighted by atomic mass is 9.90. The molecule has 0 saturated carbocycles. The Morgan fingerprint density at radius 3 is 2.64 bits per heavy atom. The number of nitrogens with one attached hydrogen (secondary N) is 2. The second kappa shape index (κ2) is 8.63. The van der Waals surface area contributed by atoms with Crippen LogP contribution in [0.15, 0.2) is 24.3 Å². The molecule has 0 aromatic heterocycles. The van der Waals surface area contributed by atoms with Crippen molar-refractivity contribution >= 4 is 6.03 Å². The van der Waals surface area contributed by atoms with E-state index in [1.54, 1.807) is 0 Å². The van der Waals surface area contributed by atoms with Gasteiger partial charge >= 0.3 is 6.03 Å². The molecule has 0 aliphatic rings. The number of urea groups is 1. The van der Waals surface area contributed by atoms with Crippen LogP contribution >= 0.6 is 0 Å².